The van der Waals surface area contributed by atoms with Crippen LogP contribution in [0.25, 0.3) is 0 Å². The van der Waals surface area contributed by atoms with Gasteiger partial charge in [0.2, 0.25) is 0 Å². The van der Waals surface area contributed by atoms with Gasteiger partial charge < -0.3 is 15.3 Å². The van der Waals surface area contributed by atoms with E-state index in [4.69, 9.17) is 0 Å². The first-order valence-electron chi connectivity index (χ1n) is 10.0. The van der Waals surface area contributed by atoms with Gasteiger partial charge in [-0.15, -0.1) is 0 Å². The molecule has 3 rings (SSSR count). The van der Waals surface area contributed by atoms with Crippen LogP contribution in [0.4, 0.5) is 0 Å². The van der Waals surface area contributed by atoms with Crippen molar-refractivity contribution < 1.29 is 9.90 Å². The zero-order valence-electron chi connectivity index (χ0n) is 16.1. The lowest BCUT2D eigenvalue weighted by Crippen LogP contribution is -2.45. The van der Waals surface area contributed by atoms with Gasteiger partial charge in [-0.1, -0.05) is 19.1 Å². The molecule has 142 valence electrons. The highest BCUT2D eigenvalue weighted by Gasteiger charge is 2.29. The van der Waals surface area contributed by atoms with Gasteiger partial charge in [0.15, 0.2) is 5.78 Å². The van der Waals surface area contributed by atoms with E-state index >= 15 is 0 Å². The van der Waals surface area contributed by atoms with Crippen LogP contribution in [0.3, 0.4) is 0 Å². The number of carbonyl (C=O) groups is 1. The van der Waals surface area contributed by atoms with Crippen LogP contribution in [0.15, 0.2) is 30.5 Å². The number of carbonyl (C=O) groups excluding carboxylic acids is 1. The molecular formula is C22H32N2O2. The van der Waals surface area contributed by atoms with E-state index in [0.717, 1.165) is 57.2 Å². The molecule has 2 aliphatic rings. The van der Waals surface area contributed by atoms with Crippen molar-refractivity contribution >= 4 is 5.78 Å². The van der Waals surface area contributed by atoms with Gasteiger partial charge in [0.25, 0.3) is 0 Å². The van der Waals surface area contributed by atoms with E-state index in [1.807, 2.05) is 6.07 Å². The molecule has 1 aliphatic carbocycles. The average molecular weight is 357 g/mol. The minimum atomic E-state index is -0.103. The van der Waals surface area contributed by atoms with Crippen molar-refractivity contribution in [2.24, 2.45) is 0 Å². The lowest BCUT2D eigenvalue weighted by Gasteiger charge is -2.37. The van der Waals surface area contributed by atoms with Crippen LogP contribution in [0, 0.1) is 0 Å². The highest BCUT2D eigenvalue weighted by atomic mass is 16.3. The molecule has 2 N–H and O–H groups in total. The van der Waals surface area contributed by atoms with Crippen LogP contribution >= 0.6 is 0 Å². The Labute approximate surface area is 157 Å². The summed E-state index contributed by atoms with van der Waals surface area (Å²) in [6.45, 7) is 6.57. The molecule has 2 unspecified atom stereocenters. The first kappa shape index (κ1) is 19.0. The normalized spacial score (nSPS) is 25.2. The summed E-state index contributed by atoms with van der Waals surface area (Å²) in [5.41, 5.74) is 2.35. The summed E-state index contributed by atoms with van der Waals surface area (Å²) in [6.07, 6.45) is 10.4. The Balaban J connectivity index is 1.58. The maximum absolute atomic E-state index is 11.7. The largest absolute Gasteiger partial charge is 0.508 e. The molecule has 26 heavy (non-hydrogen) atoms. The Morgan fingerprint density at radius 3 is 2.96 bits per heavy atom. The van der Waals surface area contributed by atoms with E-state index in [0.29, 0.717) is 18.2 Å². The van der Waals surface area contributed by atoms with E-state index in [2.05, 4.69) is 30.1 Å². The third-order valence-electron chi connectivity index (χ3n) is 5.90. The summed E-state index contributed by atoms with van der Waals surface area (Å²) in [5, 5.41) is 13.4. The Morgan fingerprint density at radius 1 is 1.35 bits per heavy atom. The van der Waals surface area contributed by atoms with Crippen LogP contribution < -0.4 is 5.32 Å². The fourth-order valence-electron chi connectivity index (χ4n) is 4.51. The van der Waals surface area contributed by atoms with E-state index in [-0.39, 0.29) is 11.3 Å². The SMILES string of the molecule is CCCN(CCCC1(C)CC(=O)C=CN1)C1CCc2c(O)cccc2C1. The Hall–Kier alpha value is -1.81. The molecule has 0 saturated heterocycles. The minimum Gasteiger partial charge on any atom is -0.508 e. The molecule has 0 radical (unpaired) electrons. The summed E-state index contributed by atoms with van der Waals surface area (Å²) in [7, 11) is 0. The summed E-state index contributed by atoms with van der Waals surface area (Å²) < 4.78 is 0. The summed E-state index contributed by atoms with van der Waals surface area (Å²) in [6, 6.07) is 6.48. The molecule has 2 atom stereocenters. The van der Waals surface area contributed by atoms with Crippen LogP contribution in [0.5, 0.6) is 5.75 Å². The number of nitrogens with zero attached hydrogens (tertiary/aromatic N) is 1. The topological polar surface area (TPSA) is 52.6 Å². The van der Waals surface area contributed by atoms with Gasteiger partial charge in [-0.3, -0.25) is 4.79 Å². The number of fused-ring (bicyclic) bond motifs is 1. The van der Waals surface area contributed by atoms with Gasteiger partial charge >= 0.3 is 0 Å². The molecular weight excluding hydrogens is 324 g/mol. The van der Waals surface area contributed by atoms with Gasteiger partial charge in [-0.05, 0) is 81.8 Å². The second-order valence-electron chi connectivity index (χ2n) is 8.13. The molecule has 1 heterocycles. The number of allylic oxidation sites excluding steroid dienone is 1. The number of ketones is 1. The second kappa shape index (κ2) is 8.26. The van der Waals surface area contributed by atoms with Crippen molar-refractivity contribution in [2.45, 2.75) is 70.4 Å². The first-order valence-corrected chi connectivity index (χ1v) is 10.0. The van der Waals surface area contributed by atoms with E-state index < -0.39 is 0 Å². The molecule has 0 saturated carbocycles. The van der Waals surface area contributed by atoms with Crippen LogP contribution in [-0.2, 0) is 17.6 Å². The van der Waals surface area contributed by atoms with Crippen molar-refractivity contribution in [3.8, 4) is 5.75 Å². The summed E-state index contributed by atoms with van der Waals surface area (Å²) >= 11 is 0. The van der Waals surface area contributed by atoms with Crippen molar-refractivity contribution in [3.63, 3.8) is 0 Å². The van der Waals surface area contributed by atoms with Crippen molar-refractivity contribution in [1.82, 2.24) is 10.2 Å². The third kappa shape index (κ3) is 4.47. The zero-order valence-corrected chi connectivity index (χ0v) is 16.1. The highest BCUT2D eigenvalue weighted by molar-refractivity contribution is 5.91. The van der Waals surface area contributed by atoms with Crippen LogP contribution in [0.1, 0.15) is 57.1 Å². The van der Waals surface area contributed by atoms with E-state index in [9.17, 15) is 9.90 Å². The number of benzene rings is 1. The number of hydrogen-bond acceptors (Lipinski definition) is 4. The highest BCUT2D eigenvalue weighted by Crippen LogP contribution is 2.31. The van der Waals surface area contributed by atoms with E-state index in [1.165, 1.54) is 5.56 Å². The van der Waals surface area contributed by atoms with Crippen molar-refractivity contribution in [1.29, 1.82) is 0 Å². The molecule has 1 aromatic carbocycles. The monoisotopic (exact) mass is 356 g/mol. The van der Waals surface area contributed by atoms with Crippen molar-refractivity contribution in [2.75, 3.05) is 13.1 Å². The summed E-state index contributed by atoms with van der Waals surface area (Å²) in [5.74, 6) is 0.678. The molecule has 0 bridgehead atoms. The number of rotatable bonds is 7. The maximum Gasteiger partial charge on any atom is 0.159 e. The fourth-order valence-corrected chi connectivity index (χ4v) is 4.51. The van der Waals surface area contributed by atoms with Gasteiger partial charge in [0, 0.05) is 24.2 Å². The molecule has 1 aromatic rings. The molecule has 1 aliphatic heterocycles. The second-order valence-corrected chi connectivity index (χ2v) is 8.13. The minimum absolute atomic E-state index is 0.103. The lowest BCUT2D eigenvalue weighted by molar-refractivity contribution is -0.116. The predicted molar refractivity (Wildman–Crippen MR) is 105 cm³/mol. The van der Waals surface area contributed by atoms with Crippen molar-refractivity contribution in [3.05, 3.63) is 41.6 Å². The third-order valence-corrected chi connectivity index (χ3v) is 5.90. The first-order chi connectivity index (χ1) is 12.5. The fraction of sp³-hybridized carbons (Fsp3) is 0.591. The zero-order chi connectivity index (χ0) is 18.6. The standard InChI is InChI=1S/C22H32N2O2/c1-3-13-24(14-5-11-22(2)16-19(25)10-12-23-22)18-8-9-20-17(15-18)6-4-7-21(20)26/h4,6-7,10,12,18,23,26H,3,5,8-9,11,13-16H2,1-2H3. The number of nitrogens with one attached hydrogen (secondary N) is 1. The molecule has 4 nitrogen and oxygen atoms in total. The van der Waals surface area contributed by atoms with Gasteiger partial charge in [0.1, 0.15) is 5.75 Å². The number of aromatic hydroxyl groups is 1. The lowest BCUT2D eigenvalue weighted by atomic mass is 9.86. The van der Waals surface area contributed by atoms with E-state index in [1.54, 1.807) is 18.3 Å². The van der Waals surface area contributed by atoms with Crippen LogP contribution in [-0.4, -0.2) is 40.5 Å². The van der Waals surface area contributed by atoms with Gasteiger partial charge in [-0.25, -0.2) is 0 Å². The number of hydrogen-bond donors (Lipinski definition) is 2. The molecule has 0 spiro atoms. The predicted octanol–water partition coefficient (Wildman–Crippen LogP) is 3.58. The Kier molecular flexibility index (Phi) is 6.02. The molecule has 0 amide bonds. The molecule has 0 aromatic heterocycles. The van der Waals surface area contributed by atoms with Crippen LogP contribution in [0.2, 0.25) is 0 Å². The quantitative estimate of drug-likeness (QED) is 0.784. The van der Waals surface area contributed by atoms with Gasteiger partial charge in [-0.2, -0.15) is 0 Å². The Bertz CT molecular complexity index is 670. The molecule has 0 fully saturated rings. The molecule has 4 heteroatoms. The smallest absolute Gasteiger partial charge is 0.159 e. The maximum atomic E-state index is 11.7. The Morgan fingerprint density at radius 2 is 2.19 bits per heavy atom. The number of phenols is 1. The number of phenolic OH excluding ortho intramolecular Hbond substituents is 1. The average Bonchev–Trinajstić information content (AvgIpc) is 2.60. The van der Waals surface area contributed by atoms with Gasteiger partial charge in [0.05, 0.1) is 0 Å². The summed E-state index contributed by atoms with van der Waals surface area (Å²) in [4.78, 5) is 14.3.